The second-order valence-electron chi connectivity index (χ2n) is 13.4. The first-order valence-electron chi connectivity index (χ1n) is 15.0. The molecule has 0 bridgehead atoms. The molecular weight excluding hydrogens is 640 g/mol. The zero-order valence-corrected chi connectivity index (χ0v) is 31.3. The summed E-state index contributed by atoms with van der Waals surface area (Å²) in [6, 6.07) is 9.78. The Balaban J connectivity index is 0.000000769. The van der Waals surface area contributed by atoms with E-state index in [4.69, 9.17) is 31.2 Å². The Morgan fingerprint density at radius 3 is 1.28 bits per heavy atom. The molecule has 3 aromatic rings. The van der Waals surface area contributed by atoms with Crippen LogP contribution in [0, 0.1) is 80.4 Å². The Bertz CT molecular complexity index is 1540. The van der Waals surface area contributed by atoms with Gasteiger partial charge >= 0.3 is 23.9 Å². The van der Waals surface area contributed by atoms with Crippen LogP contribution >= 0.6 is 0 Å². The van der Waals surface area contributed by atoms with Crippen LogP contribution in [0.2, 0.25) is 0 Å². The summed E-state index contributed by atoms with van der Waals surface area (Å²) >= 11 is 0. The molecule has 0 unspecified atom stereocenters. The molecule has 12 nitrogen and oxygen atoms in total. The van der Waals surface area contributed by atoms with Crippen molar-refractivity contribution < 1.29 is 32.0 Å². The van der Waals surface area contributed by atoms with Gasteiger partial charge in [-0.25, -0.2) is 15.3 Å². The maximum Gasteiger partial charge on any atom is 3.00 e. The van der Waals surface area contributed by atoms with Crippen LogP contribution in [-0.2, 0) is 21.7 Å². The normalized spacial score (nSPS) is 15.7. The Morgan fingerprint density at radius 2 is 1.06 bits per heavy atom. The SMILES string of the molecule is CC#N.CC#N.CC(C)(C)C1=CC(=N)[C@@]([O-])(O[O-])C(C(C)(C)C)=C1.Cc1cc(C)n([BH-](n2nc(C)cc2C)n2nc(C)cc2C)n1.[Co+3]. The number of aromatic nitrogens is 6. The van der Waals surface area contributed by atoms with Gasteiger partial charge in [0.05, 0.1) is 34.9 Å². The Kier molecular flexibility index (Phi) is 16.0. The van der Waals surface area contributed by atoms with E-state index in [1.807, 2.05) is 62.3 Å². The largest absolute Gasteiger partial charge is 3.00 e. The molecule has 3 aromatic heterocycles. The molecule has 3 heterocycles. The Labute approximate surface area is 290 Å². The molecule has 0 aromatic carbocycles. The van der Waals surface area contributed by atoms with Gasteiger partial charge in [-0.15, -0.1) is 0 Å². The maximum absolute atomic E-state index is 12.4. The first kappa shape index (κ1) is 43.2. The van der Waals surface area contributed by atoms with Crippen LogP contribution in [-0.4, -0.2) is 47.7 Å². The fraction of sp³-hybridized carbons (Fsp3) is 0.515. The van der Waals surface area contributed by atoms with Crippen molar-refractivity contribution in [2.24, 2.45) is 10.8 Å². The van der Waals surface area contributed by atoms with Crippen molar-refractivity contribution in [1.29, 1.82) is 15.9 Å². The maximum atomic E-state index is 12.4. The van der Waals surface area contributed by atoms with Crippen LogP contribution < -0.4 is 10.4 Å². The number of nitriles is 2. The van der Waals surface area contributed by atoms with Crippen LogP contribution in [0.1, 0.15) is 89.6 Å². The smallest absolute Gasteiger partial charge is 0.821 e. The summed E-state index contributed by atoms with van der Waals surface area (Å²) in [5.74, 6) is -2.41. The second kappa shape index (κ2) is 17.4. The van der Waals surface area contributed by atoms with Gasteiger partial charge in [0.25, 0.3) is 0 Å². The van der Waals surface area contributed by atoms with E-state index in [1.165, 1.54) is 19.9 Å². The van der Waals surface area contributed by atoms with E-state index in [-0.39, 0.29) is 27.9 Å². The molecule has 256 valence electrons. The number of hydrogen-bond donors (Lipinski definition) is 1. The quantitative estimate of drug-likeness (QED) is 0.184. The van der Waals surface area contributed by atoms with Crippen LogP contribution in [0.25, 0.3) is 0 Å². The van der Waals surface area contributed by atoms with E-state index in [2.05, 4.69) is 57.6 Å². The molecule has 14 heteroatoms. The topological polar surface area (TPSA) is 180 Å². The minimum atomic E-state index is -2.41. The summed E-state index contributed by atoms with van der Waals surface area (Å²) in [5.41, 5.74) is 6.54. The molecule has 1 atom stereocenters. The van der Waals surface area contributed by atoms with Crippen LogP contribution in [0.15, 0.2) is 41.5 Å². The third-order valence-electron chi connectivity index (χ3n) is 7.21. The van der Waals surface area contributed by atoms with Gasteiger partial charge in [0.1, 0.15) is 0 Å². The molecule has 0 saturated heterocycles. The average Bonchev–Trinajstić information content (AvgIpc) is 3.55. The third-order valence-corrected chi connectivity index (χ3v) is 7.21. The van der Waals surface area contributed by atoms with Crippen molar-refractivity contribution in [2.45, 2.75) is 103 Å². The molecule has 0 radical (unpaired) electrons. The Morgan fingerprint density at radius 1 is 0.745 bits per heavy atom. The van der Waals surface area contributed by atoms with Gasteiger partial charge in [-0.05, 0) is 105 Å². The predicted octanol–water partition coefficient (Wildman–Crippen LogP) is 4.16. The second-order valence-corrected chi connectivity index (χ2v) is 13.4. The van der Waals surface area contributed by atoms with Crippen LogP contribution in [0.4, 0.5) is 0 Å². The van der Waals surface area contributed by atoms with E-state index in [1.54, 1.807) is 18.2 Å². The van der Waals surface area contributed by atoms with Crippen LogP contribution in [0.5, 0.6) is 0 Å². The summed E-state index contributed by atoms with van der Waals surface area (Å²) in [7, 11) is -1.26. The van der Waals surface area contributed by atoms with Crippen molar-refractivity contribution in [3.05, 3.63) is 75.7 Å². The first-order valence-corrected chi connectivity index (χ1v) is 15.0. The third kappa shape index (κ3) is 10.9. The van der Waals surface area contributed by atoms with Crippen LogP contribution in [0.3, 0.4) is 0 Å². The number of hydrogen-bond acceptors (Lipinski definition) is 9. The van der Waals surface area contributed by atoms with Gasteiger partial charge in [-0.1, -0.05) is 47.6 Å². The van der Waals surface area contributed by atoms with Gasteiger partial charge < -0.3 is 34.4 Å². The number of allylic oxidation sites excluding steroid dienone is 2. The van der Waals surface area contributed by atoms with Crippen molar-refractivity contribution in [1.82, 2.24) is 29.1 Å². The molecule has 0 amide bonds. The fourth-order valence-corrected chi connectivity index (χ4v) is 5.19. The average molecular weight is 690 g/mol. The molecule has 1 aliphatic carbocycles. The fourth-order valence-electron chi connectivity index (χ4n) is 5.19. The molecule has 47 heavy (non-hydrogen) atoms. The van der Waals surface area contributed by atoms with Gasteiger partial charge in [0.15, 0.2) is 0 Å². The number of aryl methyl sites for hydroxylation is 6. The van der Waals surface area contributed by atoms with E-state index < -0.39 is 18.3 Å². The van der Waals surface area contributed by atoms with E-state index in [0.717, 1.165) is 39.7 Å². The molecule has 4 rings (SSSR count). The summed E-state index contributed by atoms with van der Waals surface area (Å²) in [5, 5.41) is 59.7. The summed E-state index contributed by atoms with van der Waals surface area (Å²) in [6.45, 7) is 26.7. The van der Waals surface area contributed by atoms with E-state index in [9.17, 15) is 10.4 Å². The molecule has 0 fully saturated rings. The minimum Gasteiger partial charge on any atom is -0.821 e. The van der Waals surface area contributed by atoms with Gasteiger partial charge in [0.2, 0.25) is 0 Å². The first-order chi connectivity index (χ1) is 21.1. The monoisotopic (exact) mass is 689 g/mol. The summed E-state index contributed by atoms with van der Waals surface area (Å²) in [6.07, 6.45) is 3.16. The molecule has 0 saturated carbocycles. The minimum absolute atomic E-state index is 0. The number of rotatable bonds is 4. The van der Waals surface area contributed by atoms with Crippen molar-refractivity contribution in [3.63, 3.8) is 0 Å². The summed E-state index contributed by atoms with van der Waals surface area (Å²) < 4.78 is 6.19. The van der Waals surface area contributed by atoms with Gasteiger partial charge in [-0.3, -0.25) is 0 Å². The van der Waals surface area contributed by atoms with Gasteiger partial charge in [-0.2, -0.15) is 10.5 Å². The standard InChI is InChI=1S/C15H22BN6.C14H22NO3.2C2H3N.Co/c1-10-7-13(4)20(17-10)16(21-14(5)8-11(2)18-21)22-15(6)9-12(3)19-22;1-12(2,3)9-7-10(13(4,5)6)14(16,18-17)11(15)8-9;2*1-2-3;/h7-9,16H,1-6H3;7-8,15,17H,1-6H3;2*1H3;/q2*-1;;;+3/p-1/t;14-;;;/m.0.../s1. The number of nitrogens with one attached hydrogen (secondary N) is 1. The summed E-state index contributed by atoms with van der Waals surface area (Å²) in [4.78, 5) is 3.85. The van der Waals surface area contributed by atoms with E-state index >= 15 is 0 Å². The predicted molar refractivity (Wildman–Crippen MR) is 178 cm³/mol. The van der Waals surface area contributed by atoms with Gasteiger partial charge in [0, 0.05) is 19.6 Å². The Hall–Kier alpha value is -3.79. The molecule has 0 spiro atoms. The molecule has 0 aliphatic heterocycles. The van der Waals surface area contributed by atoms with E-state index in [0.29, 0.717) is 5.57 Å². The molecular formula is C33H49BCoN9O3. The van der Waals surface area contributed by atoms with Crippen molar-refractivity contribution in [2.75, 3.05) is 0 Å². The molecule has 1 aliphatic rings. The zero-order chi connectivity index (χ0) is 35.8. The van der Waals surface area contributed by atoms with Crippen molar-refractivity contribution in [3.8, 4) is 12.1 Å². The zero-order valence-electron chi connectivity index (χ0n) is 30.2. The van der Waals surface area contributed by atoms with Crippen molar-refractivity contribution >= 4 is 12.8 Å². The number of nitrogens with zero attached hydrogens (tertiary/aromatic N) is 8. The molecule has 1 N–H and O–H groups in total.